The topological polar surface area (TPSA) is 49.9 Å². The van der Waals surface area contributed by atoms with Crippen molar-refractivity contribution in [1.29, 1.82) is 0 Å². The Morgan fingerprint density at radius 2 is 1.86 bits per heavy atom. The van der Waals surface area contributed by atoms with Crippen molar-refractivity contribution in [3.05, 3.63) is 35.6 Å². The van der Waals surface area contributed by atoms with Crippen molar-refractivity contribution in [2.45, 2.75) is 57.5 Å². The first-order valence-corrected chi connectivity index (χ1v) is 8.88. The SMILES string of the molecule is CN(C(=O)C(F)(F)F)C1CCN(C(=O)OC(C)(C)C)[C@H](c2cccc(F)c2)C1. The largest absolute Gasteiger partial charge is 0.471 e. The number of carbonyl (C=O) groups is 2. The molecular formula is C19H24F4N2O3. The predicted octanol–water partition coefficient (Wildman–Crippen LogP) is 4.29. The number of carbonyl (C=O) groups excluding carboxylic acids is 2. The second-order valence-electron chi connectivity index (χ2n) is 7.84. The van der Waals surface area contributed by atoms with Crippen LogP contribution in [-0.2, 0) is 9.53 Å². The first kappa shape index (κ1) is 22.0. The maximum atomic E-state index is 13.7. The Morgan fingerprint density at radius 1 is 1.21 bits per heavy atom. The van der Waals surface area contributed by atoms with Crippen LogP contribution in [0.2, 0.25) is 0 Å². The number of amides is 2. The summed E-state index contributed by atoms with van der Waals surface area (Å²) in [4.78, 5) is 26.2. The highest BCUT2D eigenvalue weighted by Crippen LogP contribution is 2.35. The van der Waals surface area contributed by atoms with Crippen LogP contribution in [0.25, 0.3) is 0 Å². The number of nitrogens with zero attached hydrogens (tertiary/aromatic N) is 2. The standard InChI is InChI=1S/C19H24F4N2O3/c1-18(2,3)28-17(27)25-9-8-14(24(4)16(26)19(21,22)23)11-15(25)12-6-5-7-13(20)10-12/h5-7,10,14-15H,8-9,11H2,1-4H3/t14?,15-/m0/s1. The monoisotopic (exact) mass is 404 g/mol. The lowest BCUT2D eigenvalue weighted by atomic mass is 9.91. The Bertz CT molecular complexity index is 731. The number of likely N-dealkylation sites (tertiary alicyclic amines) is 1. The lowest BCUT2D eigenvalue weighted by molar-refractivity contribution is -0.187. The van der Waals surface area contributed by atoms with Gasteiger partial charge in [0.15, 0.2) is 0 Å². The van der Waals surface area contributed by atoms with Crippen molar-refractivity contribution in [2.75, 3.05) is 13.6 Å². The van der Waals surface area contributed by atoms with Gasteiger partial charge in [0.1, 0.15) is 11.4 Å². The number of ether oxygens (including phenoxy) is 1. The number of piperidine rings is 1. The van der Waals surface area contributed by atoms with E-state index in [1.807, 2.05) is 0 Å². The minimum absolute atomic E-state index is 0.0427. The third-order valence-electron chi connectivity index (χ3n) is 4.55. The van der Waals surface area contributed by atoms with E-state index in [1.54, 1.807) is 26.8 Å². The Morgan fingerprint density at radius 3 is 2.39 bits per heavy atom. The first-order valence-electron chi connectivity index (χ1n) is 8.88. The van der Waals surface area contributed by atoms with E-state index in [-0.39, 0.29) is 19.4 Å². The van der Waals surface area contributed by atoms with Gasteiger partial charge >= 0.3 is 18.2 Å². The summed E-state index contributed by atoms with van der Waals surface area (Å²) in [6.45, 7) is 5.18. The van der Waals surface area contributed by atoms with Crippen molar-refractivity contribution in [2.24, 2.45) is 0 Å². The molecule has 0 N–H and O–H groups in total. The molecule has 2 rings (SSSR count). The molecule has 1 aliphatic rings. The summed E-state index contributed by atoms with van der Waals surface area (Å²) in [5, 5.41) is 0. The van der Waals surface area contributed by atoms with E-state index in [4.69, 9.17) is 4.74 Å². The minimum atomic E-state index is -4.98. The molecule has 1 heterocycles. The van der Waals surface area contributed by atoms with Crippen LogP contribution in [0, 0.1) is 5.82 Å². The Hall–Kier alpha value is -2.32. The summed E-state index contributed by atoms with van der Waals surface area (Å²) >= 11 is 0. The fourth-order valence-electron chi connectivity index (χ4n) is 3.23. The van der Waals surface area contributed by atoms with Crippen LogP contribution in [0.5, 0.6) is 0 Å². The van der Waals surface area contributed by atoms with Crippen molar-refractivity contribution in [3.63, 3.8) is 0 Å². The van der Waals surface area contributed by atoms with Gasteiger partial charge in [-0.3, -0.25) is 4.79 Å². The number of rotatable bonds is 2. The lowest BCUT2D eigenvalue weighted by Gasteiger charge is -2.42. The van der Waals surface area contributed by atoms with Crippen molar-refractivity contribution in [3.8, 4) is 0 Å². The first-order chi connectivity index (χ1) is 12.8. The number of hydrogen-bond donors (Lipinski definition) is 0. The van der Waals surface area contributed by atoms with Crippen LogP contribution in [0.4, 0.5) is 22.4 Å². The zero-order valence-corrected chi connectivity index (χ0v) is 16.2. The smallest absolute Gasteiger partial charge is 0.444 e. The van der Waals surface area contributed by atoms with E-state index in [2.05, 4.69) is 0 Å². The quantitative estimate of drug-likeness (QED) is 0.691. The van der Waals surface area contributed by atoms with Gasteiger partial charge in [-0.2, -0.15) is 13.2 Å². The van der Waals surface area contributed by atoms with E-state index in [0.717, 1.165) is 7.05 Å². The molecule has 2 amide bonds. The highest BCUT2D eigenvalue weighted by molar-refractivity contribution is 5.82. The summed E-state index contributed by atoms with van der Waals surface area (Å²) < 4.78 is 57.5. The maximum Gasteiger partial charge on any atom is 0.471 e. The Kier molecular flexibility index (Phi) is 6.25. The van der Waals surface area contributed by atoms with E-state index in [1.165, 1.54) is 23.1 Å². The fraction of sp³-hybridized carbons (Fsp3) is 0.579. The van der Waals surface area contributed by atoms with Crippen molar-refractivity contribution >= 4 is 12.0 Å². The number of benzene rings is 1. The van der Waals surface area contributed by atoms with E-state index < -0.39 is 41.7 Å². The zero-order valence-electron chi connectivity index (χ0n) is 16.2. The van der Waals surface area contributed by atoms with Gasteiger partial charge in [0, 0.05) is 19.6 Å². The van der Waals surface area contributed by atoms with E-state index in [9.17, 15) is 27.2 Å². The van der Waals surface area contributed by atoms with Crippen molar-refractivity contribution < 1.29 is 31.9 Å². The Labute approximate surface area is 161 Å². The van der Waals surface area contributed by atoms with Gasteiger partial charge in [0.05, 0.1) is 6.04 Å². The molecule has 0 aliphatic carbocycles. The highest BCUT2D eigenvalue weighted by atomic mass is 19.4. The van der Waals surface area contributed by atoms with E-state index in [0.29, 0.717) is 10.5 Å². The molecule has 1 aromatic rings. The molecular weight excluding hydrogens is 380 g/mol. The number of halogens is 4. The van der Waals surface area contributed by atoms with Gasteiger partial charge in [-0.1, -0.05) is 12.1 Å². The highest BCUT2D eigenvalue weighted by Gasteiger charge is 2.45. The van der Waals surface area contributed by atoms with Gasteiger partial charge in [0.25, 0.3) is 0 Å². The maximum absolute atomic E-state index is 13.7. The molecule has 1 fully saturated rings. The van der Waals surface area contributed by atoms with Gasteiger partial charge < -0.3 is 14.5 Å². The molecule has 1 aliphatic heterocycles. The van der Waals surface area contributed by atoms with Gasteiger partial charge in [-0.15, -0.1) is 0 Å². The molecule has 0 spiro atoms. The van der Waals surface area contributed by atoms with Crippen molar-refractivity contribution in [1.82, 2.24) is 9.80 Å². The van der Waals surface area contributed by atoms with Crippen LogP contribution in [-0.4, -0.2) is 53.2 Å². The normalized spacial score (nSPS) is 20.6. The van der Waals surface area contributed by atoms with Crippen LogP contribution in [0.1, 0.15) is 45.2 Å². The van der Waals surface area contributed by atoms with Gasteiger partial charge in [-0.25, -0.2) is 9.18 Å². The van der Waals surface area contributed by atoms with Crippen LogP contribution in [0.15, 0.2) is 24.3 Å². The molecule has 28 heavy (non-hydrogen) atoms. The zero-order chi connectivity index (χ0) is 21.3. The molecule has 0 radical (unpaired) electrons. The summed E-state index contributed by atoms with van der Waals surface area (Å²) in [5.74, 6) is -2.47. The van der Waals surface area contributed by atoms with Crippen LogP contribution < -0.4 is 0 Å². The minimum Gasteiger partial charge on any atom is -0.444 e. The van der Waals surface area contributed by atoms with Crippen LogP contribution >= 0.6 is 0 Å². The molecule has 1 aromatic carbocycles. The predicted molar refractivity (Wildman–Crippen MR) is 93.9 cm³/mol. The molecule has 1 saturated heterocycles. The number of hydrogen-bond acceptors (Lipinski definition) is 3. The molecule has 0 saturated carbocycles. The summed E-state index contributed by atoms with van der Waals surface area (Å²) in [6.07, 6.45) is -5.42. The van der Waals surface area contributed by atoms with Gasteiger partial charge in [0.2, 0.25) is 0 Å². The molecule has 2 atom stereocenters. The second-order valence-corrected chi connectivity index (χ2v) is 7.84. The molecule has 9 heteroatoms. The molecule has 5 nitrogen and oxygen atoms in total. The fourth-order valence-corrected chi connectivity index (χ4v) is 3.23. The molecule has 0 bridgehead atoms. The third-order valence-corrected chi connectivity index (χ3v) is 4.55. The Balaban J connectivity index is 2.30. The average Bonchev–Trinajstić information content (AvgIpc) is 2.57. The summed E-state index contributed by atoms with van der Waals surface area (Å²) in [5.41, 5.74) is -0.327. The lowest BCUT2D eigenvalue weighted by Crippen LogP contribution is -2.52. The summed E-state index contributed by atoms with van der Waals surface area (Å²) in [6, 6.07) is 4.07. The molecule has 156 valence electrons. The van der Waals surface area contributed by atoms with Crippen LogP contribution in [0.3, 0.4) is 0 Å². The number of alkyl halides is 3. The molecule has 1 unspecified atom stereocenters. The van der Waals surface area contributed by atoms with E-state index >= 15 is 0 Å². The van der Waals surface area contributed by atoms with Gasteiger partial charge in [-0.05, 0) is 51.3 Å². The average molecular weight is 404 g/mol. The molecule has 0 aromatic heterocycles. The summed E-state index contributed by atoms with van der Waals surface area (Å²) in [7, 11) is 1.09. The third kappa shape index (κ3) is 5.36. The second kappa shape index (κ2) is 7.97.